The Balaban J connectivity index is 1.33. The van der Waals surface area contributed by atoms with Crippen molar-refractivity contribution in [3.05, 3.63) is 168 Å². The lowest BCUT2D eigenvalue weighted by Gasteiger charge is -2.22. The summed E-state index contributed by atoms with van der Waals surface area (Å²) in [6, 6.07) is 48.8. The molecular weight excluding hydrogens is 698 g/mol. The van der Waals surface area contributed by atoms with Crippen molar-refractivity contribution in [1.82, 2.24) is 13.5 Å². The second-order valence-electron chi connectivity index (χ2n) is 14.0. The van der Waals surface area contributed by atoms with Gasteiger partial charge in [-0.25, -0.2) is 9.24 Å². The Kier molecular flexibility index (Phi) is 5.90. The first-order valence-electron chi connectivity index (χ1n) is 18.0. The molecule has 5 nitrogen and oxygen atoms in total. The summed E-state index contributed by atoms with van der Waals surface area (Å²) in [5.41, 5.74) is 6.77. The van der Waals surface area contributed by atoms with Crippen LogP contribution in [0, 0.1) is 23.7 Å². The number of halogens is 1. The molecule has 7 heteroatoms. The quantitative estimate of drug-likeness (QED) is 0.168. The van der Waals surface area contributed by atoms with Gasteiger partial charge in [0.1, 0.15) is 22.4 Å². The minimum atomic E-state index is -0.614. The summed E-state index contributed by atoms with van der Waals surface area (Å²) >= 11 is 1.68. The summed E-state index contributed by atoms with van der Waals surface area (Å²) in [7, 11) is 0. The van der Waals surface area contributed by atoms with Crippen molar-refractivity contribution < 1.29 is 4.39 Å². The molecule has 0 amide bonds. The van der Waals surface area contributed by atoms with E-state index < -0.39 is 5.82 Å². The second kappa shape index (κ2) is 10.8. The van der Waals surface area contributed by atoms with Gasteiger partial charge in [0.25, 0.3) is 0 Å². The third kappa shape index (κ3) is 3.72. The number of hydrogen-bond acceptors (Lipinski definition) is 2. The van der Waals surface area contributed by atoms with Gasteiger partial charge in [0, 0.05) is 48.7 Å². The third-order valence-electron chi connectivity index (χ3n) is 11.4. The van der Waals surface area contributed by atoms with E-state index in [1.54, 1.807) is 11.3 Å². The van der Waals surface area contributed by atoms with Crippen LogP contribution in [-0.2, 0) is 0 Å². The number of thiophene rings is 1. The van der Waals surface area contributed by atoms with E-state index in [2.05, 4.69) is 51.0 Å². The van der Waals surface area contributed by atoms with Crippen LogP contribution in [0.15, 0.2) is 145 Å². The van der Waals surface area contributed by atoms with E-state index in [1.165, 1.54) is 0 Å². The van der Waals surface area contributed by atoms with Gasteiger partial charge in [-0.3, -0.25) is 4.40 Å². The predicted octanol–water partition coefficient (Wildman–Crippen LogP) is 13.3. The molecule has 0 aliphatic heterocycles. The number of nitriles is 1. The lowest BCUT2D eigenvalue weighted by atomic mass is 9.94. The van der Waals surface area contributed by atoms with E-state index in [-0.39, 0.29) is 22.5 Å². The van der Waals surface area contributed by atoms with Crippen molar-refractivity contribution >= 4 is 98.0 Å². The average Bonchev–Trinajstić information content (AvgIpc) is 4.04. The highest BCUT2D eigenvalue weighted by Gasteiger charge is 2.32. The molecule has 0 fully saturated rings. The highest BCUT2D eigenvalue weighted by atomic mass is 32.1. The Morgan fingerprint density at radius 3 is 1.53 bits per heavy atom. The van der Waals surface area contributed by atoms with Crippen molar-refractivity contribution in [2.45, 2.75) is 0 Å². The molecule has 0 N–H and O–H groups in total. The molecule has 12 aromatic rings. The molecule has 5 heterocycles. The van der Waals surface area contributed by atoms with Gasteiger partial charge in [-0.15, -0.1) is 11.3 Å². The zero-order chi connectivity index (χ0) is 36.5. The summed E-state index contributed by atoms with van der Waals surface area (Å²) in [5, 5.41) is 21.4. The van der Waals surface area contributed by atoms with Gasteiger partial charge in [-0.05, 0) is 59.5 Å². The summed E-state index contributed by atoms with van der Waals surface area (Å²) in [5.74, 6) is -0.614. The molecule has 5 aromatic heterocycles. The fraction of sp³-hybridized carbons (Fsp3) is 0. The van der Waals surface area contributed by atoms with E-state index in [1.807, 2.05) is 118 Å². The van der Waals surface area contributed by atoms with Gasteiger partial charge in [0.05, 0.1) is 50.9 Å². The number of aromatic nitrogens is 3. The first kappa shape index (κ1) is 30.1. The fourth-order valence-corrected chi connectivity index (χ4v) is 10.2. The number of para-hydroxylation sites is 5. The van der Waals surface area contributed by atoms with Gasteiger partial charge in [-0.1, -0.05) is 91.0 Å². The SMILES string of the molecule is [C-]#[N+]c1c(-c2cc3c4ccccc4n4c5sccc5c(c2)c34)c(F)c(-n2c3ccccc3c3ccccc32)c(C#N)c1-n1c2ccccc2c2ccccc21. The van der Waals surface area contributed by atoms with E-state index in [0.717, 1.165) is 81.0 Å². The van der Waals surface area contributed by atoms with E-state index in [9.17, 15) is 5.26 Å². The molecule has 0 saturated carbocycles. The average molecular weight is 722 g/mol. The van der Waals surface area contributed by atoms with Gasteiger partial charge < -0.3 is 9.13 Å². The van der Waals surface area contributed by atoms with Crippen molar-refractivity contribution in [3.63, 3.8) is 0 Å². The largest absolute Gasteiger partial charge is 0.318 e. The first-order valence-corrected chi connectivity index (χ1v) is 18.9. The molecule has 0 aliphatic rings. The lowest BCUT2D eigenvalue weighted by Crippen LogP contribution is -2.09. The number of rotatable bonds is 3. The second-order valence-corrected chi connectivity index (χ2v) is 14.9. The first-order chi connectivity index (χ1) is 27.2. The van der Waals surface area contributed by atoms with Crippen LogP contribution in [0.25, 0.3) is 108 Å². The third-order valence-corrected chi connectivity index (χ3v) is 12.3. The molecule has 55 heavy (non-hydrogen) atoms. The molecule has 0 atom stereocenters. The van der Waals surface area contributed by atoms with Gasteiger partial charge >= 0.3 is 0 Å². The van der Waals surface area contributed by atoms with E-state index in [0.29, 0.717) is 11.3 Å². The number of nitrogens with zero attached hydrogens (tertiary/aromatic N) is 5. The Hall–Kier alpha value is -7.45. The van der Waals surface area contributed by atoms with Crippen LogP contribution in [0.1, 0.15) is 5.56 Å². The molecule has 0 spiro atoms. The minimum absolute atomic E-state index is 0.0869. The maximum Gasteiger partial charge on any atom is 0.222 e. The smallest absolute Gasteiger partial charge is 0.222 e. The van der Waals surface area contributed by atoms with Gasteiger partial charge in [-0.2, -0.15) is 5.26 Å². The molecule has 0 radical (unpaired) electrons. The van der Waals surface area contributed by atoms with Crippen molar-refractivity contribution in [3.8, 4) is 28.6 Å². The number of benzene rings is 7. The Labute approximate surface area is 316 Å². The normalized spacial score (nSPS) is 12.1. The Morgan fingerprint density at radius 2 is 1.02 bits per heavy atom. The molecular formula is C48H24FN5S. The number of fused-ring (bicyclic) bond motifs is 12. The highest BCUT2D eigenvalue weighted by Crippen LogP contribution is 2.50. The molecule has 0 aliphatic carbocycles. The number of hydrogen-bond donors (Lipinski definition) is 0. The monoisotopic (exact) mass is 721 g/mol. The van der Waals surface area contributed by atoms with Crippen LogP contribution in [-0.4, -0.2) is 13.5 Å². The summed E-state index contributed by atoms with van der Waals surface area (Å²) < 4.78 is 24.7. The highest BCUT2D eigenvalue weighted by molar-refractivity contribution is 7.17. The van der Waals surface area contributed by atoms with Crippen LogP contribution in [0.2, 0.25) is 0 Å². The topological polar surface area (TPSA) is 42.4 Å². The van der Waals surface area contributed by atoms with Crippen LogP contribution < -0.4 is 0 Å². The molecule has 254 valence electrons. The van der Waals surface area contributed by atoms with Crippen molar-refractivity contribution in [2.75, 3.05) is 0 Å². The zero-order valence-corrected chi connectivity index (χ0v) is 29.7. The lowest BCUT2D eigenvalue weighted by molar-refractivity contribution is 0.624. The van der Waals surface area contributed by atoms with Gasteiger partial charge in [0.15, 0.2) is 0 Å². The standard InChI is InChI=1S/C48H24FN5S/c1-51-44-42(27-24-34-32-16-6-11-21-41(32)54-45(34)35(25-27)33-22-23-55-48(33)54)43(49)46(52-37-17-7-2-12-28(37)29-13-3-8-18-38(29)52)36(26-50)47(44)53-39-19-9-4-14-30(39)31-15-5-10-20-40(31)53/h2-25H. The molecule has 12 rings (SSSR count). The summed E-state index contributed by atoms with van der Waals surface area (Å²) in [4.78, 5) is 5.32. The van der Waals surface area contributed by atoms with Crippen LogP contribution in [0.3, 0.4) is 0 Å². The predicted molar refractivity (Wildman–Crippen MR) is 224 cm³/mol. The maximum atomic E-state index is 18.5. The van der Waals surface area contributed by atoms with Gasteiger partial charge in [0.2, 0.25) is 5.69 Å². The van der Waals surface area contributed by atoms with Crippen LogP contribution in [0.4, 0.5) is 10.1 Å². The van der Waals surface area contributed by atoms with E-state index >= 15 is 4.39 Å². The Bertz CT molecular complexity index is 3610. The van der Waals surface area contributed by atoms with Crippen LogP contribution in [0.5, 0.6) is 0 Å². The van der Waals surface area contributed by atoms with E-state index in [4.69, 9.17) is 6.57 Å². The fourth-order valence-electron chi connectivity index (χ4n) is 9.25. The van der Waals surface area contributed by atoms with Crippen molar-refractivity contribution in [2.24, 2.45) is 0 Å². The summed E-state index contributed by atoms with van der Waals surface area (Å²) in [6.07, 6.45) is 0. The van der Waals surface area contributed by atoms with Crippen LogP contribution >= 0.6 is 11.3 Å². The van der Waals surface area contributed by atoms with Crippen molar-refractivity contribution in [1.29, 1.82) is 5.26 Å². The molecule has 0 bridgehead atoms. The Morgan fingerprint density at radius 1 is 0.564 bits per heavy atom. The maximum absolute atomic E-state index is 18.5. The molecule has 0 saturated heterocycles. The minimum Gasteiger partial charge on any atom is -0.318 e. The summed E-state index contributed by atoms with van der Waals surface area (Å²) in [6.45, 7) is 8.86. The zero-order valence-electron chi connectivity index (χ0n) is 28.9. The molecule has 0 unspecified atom stereocenters. The molecule has 7 aromatic carbocycles.